The van der Waals surface area contributed by atoms with Crippen LogP contribution >= 0.6 is 0 Å². The van der Waals surface area contributed by atoms with E-state index in [9.17, 15) is 26.7 Å². The molecule has 1 rings (SSSR count). The molecular weight excluding hydrogens is 243 g/mol. The molecule has 0 spiro atoms. The standard InChI is InChI=1S/C11H7F5O/c1-2-9(17)7-4-3-5-8(6-7)10(12,13)11(14,15)16/h2-6H,1H2. The lowest BCUT2D eigenvalue weighted by Gasteiger charge is -2.20. The molecule has 0 aromatic heterocycles. The van der Waals surface area contributed by atoms with Crippen molar-refractivity contribution in [2.75, 3.05) is 0 Å². The van der Waals surface area contributed by atoms with Crippen LogP contribution in [0.2, 0.25) is 0 Å². The van der Waals surface area contributed by atoms with E-state index in [1.807, 2.05) is 0 Å². The van der Waals surface area contributed by atoms with E-state index in [0.717, 1.165) is 18.2 Å². The minimum Gasteiger partial charge on any atom is -0.289 e. The molecule has 0 heterocycles. The lowest BCUT2D eigenvalue weighted by molar-refractivity contribution is -0.289. The highest BCUT2D eigenvalue weighted by atomic mass is 19.4. The summed E-state index contributed by atoms with van der Waals surface area (Å²) in [5.41, 5.74) is -1.53. The predicted molar refractivity (Wildman–Crippen MR) is 50.9 cm³/mol. The highest BCUT2D eigenvalue weighted by Gasteiger charge is 2.58. The van der Waals surface area contributed by atoms with Crippen molar-refractivity contribution in [2.45, 2.75) is 12.1 Å². The van der Waals surface area contributed by atoms with Crippen molar-refractivity contribution in [1.82, 2.24) is 0 Å². The van der Waals surface area contributed by atoms with Gasteiger partial charge in [0.25, 0.3) is 0 Å². The minimum absolute atomic E-state index is 0.263. The van der Waals surface area contributed by atoms with E-state index in [-0.39, 0.29) is 5.56 Å². The van der Waals surface area contributed by atoms with Gasteiger partial charge in [0.1, 0.15) is 0 Å². The summed E-state index contributed by atoms with van der Waals surface area (Å²) in [4.78, 5) is 11.1. The van der Waals surface area contributed by atoms with Gasteiger partial charge in [-0.1, -0.05) is 24.8 Å². The normalized spacial score (nSPS) is 12.3. The summed E-state index contributed by atoms with van der Waals surface area (Å²) in [6.45, 7) is 3.12. The molecule has 0 fully saturated rings. The molecule has 0 N–H and O–H groups in total. The van der Waals surface area contributed by atoms with Gasteiger partial charge in [0.05, 0.1) is 0 Å². The third kappa shape index (κ3) is 2.51. The molecule has 0 aliphatic rings. The first-order valence-corrected chi connectivity index (χ1v) is 4.42. The molecule has 1 nitrogen and oxygen atoms in total. The first-order valence-electron chi connectivity index (χ1n) is 4.42. The molecule has 6 heteroatoms. The molecule has 1 aromatic carbocycles. The number of hydrogen-bond acceptors (Lipinski definition) is 1. The zero-order valence-electron chi connectivity index (χ0n) is 8.39. The third-order valence-electron chi connectivity index (χ3n) is 2.05. The predicted octanol–water partition coefficient (Wildman–Crippen LogP) is 3.71. The van der Waals surface area contributed by atoms with E-state index in [2.05, 4.69) is 6.58 Å². The summed E-state index contributed by atoms with van der Waals surface area (Å²) in [5.74, 6) is -5.70. The molecule has 0 bridgehead atoms. The fourth-order valence-corrected chi connectivity index (χ4v) is 1.15. The number of carbonyl (C=O) groups excluding carboxylic acids is 1. The van der Waals surface area contributed by atoms with Gasteiger partial charge >= 0.3 is 12.1 Å². The fourth-order valence-electron chi connectivity index (χ4n) is 1.15. The molecule has 0 unspecified atom stereocenters. The number of allylic oxidation sites excluding steroid dienone is 1. The van der Waals surface area contributed by atoms with Crippen LogP contribution < -0.4 is 0 Å². The molecule has 0 aliphatic carbocycles. The SMILES string of the molecule is C=CC(=O)c1cccc(C(F)(F)C(F)(F)F)c1. The Morgan fingerprint density at radius 2 is 1.76 bits per heavy atom. The van der Waals surface area contributed by atoms with Gasteiger partial charge in [-0.3, -0.25) is 4.79 Å². The van der Waals surface area contributed by atoms with Gasteiger partial charge in [-0.2, -0.15) is 22.0 Å². The van der Waals surface area contributed by atoms with Crippen molar-refractivity contribution in [1.29, 1.82) is 0 Å². The monoisotopic (exact) mass is 250 g/mol. The number of alkyl halides is 5. The average Bonchev–Trinajstić information content (AvgIpc) is 2.26. The van der Waals surface area contributed by atoms with Crippen LogP contribution in [0.25, 0.3) is 0 Å². The number of ketones is 1. The van der Waals surface area contributed by atoms with Crippen LogP contribution in [-0.4, -0.2) is 12.0 Å². The van der Waals surface area contributed by atoms with Crippen LogP contribution in [0.4, 0.5) is 22.0 Å². The van der Waals surface area contributed by atoms with Crippen molar-refractivity contribution in [3.63, 3.8) is 0 Å². The van der Waals surface area contributed by atoms with E-state index in [0.29, 0.717) is 12.1 Å². The lowest BCUT2D eigenvalue weighted by atomic mass is 10.0. The van der Waals surface area contributed by atoms with E-state index < -0.39 is 23.4 Å². The molecule has 0 saturated carbocycles. The summed E-state index contributed by atoms with van der Waals surface area (Å²) < 4.78 is 62.1. The summed E-state index contributed by atoms with van der Waals surface area (Å²) in [6.07, 6.45) is -4.85. The average molecular weight is 250 g/mol. The molecule has 92 valence electrons. The van der Waals surface area contributed by atoms with Crippen LogP contribution in [0.15, 0.2) is 36.9 Å². The van der Waals surface area contributed by atoms with E-state index >= 15 is 0 Å². The summed E-state index contributed by atoms with van der Waals surface area (Å²) in [6, 6.07) is 3.23. The fraction of sp³-hybridized carbons (Fsp3) is 0.182. The zero-order chi connectivity index (χ0) is 13.3. The van der Waals surface area contributed by atoms with Crippen molar-refractivity contribution >= 4 is 5.78 Å². The first-order chi connectivity index (χ1) is 7.70. The van der Waals surface area contributed by atoms with Gasteiger partial charge in [0, 0.05) is 11.1 Å². The number of hydrogen-bond donors (Lipinski definition) is 0. The van der Waals surface area contributed by atoms with Gasteiger partial charge in [-0.15, -0.1) is 0 Å². The molecule has 17 heavy (non-hydrogen) atoms. The second kappa shape index (κ2) is 4.27. The van der Waals surface area contributed by atoms with Crippen molar-refractivity contribution in [3.05, 3.63) is 48.0 Å². The molecule has 0 aliphatic heterocycles. The summed E-state index contributed by atoms with van der Waals surface area (Å²) >= 11 is 0. The molecular formula is C11H7F5O. The smallest absolute Gasteiger partial charge is 0.289 e. The number of rotatable bonds is 3. The Balaban J connectivity index is 3.25. The maximum Gasteiger partial charge on any atom is 0.458 e. The zero-order valence-corrected chi connectivity index (χ0v) is 8.39. The third-order valence-corrected chi connectivity index (χ3v) is 2.05. The Morgan fingerprint density at radius 1 is 1.18 bits per heavy atom. The maximum absolute atomic E-state index is 12.9. The van der Waals surface area contributed by atoms with E-state index in [4.69, 9.17) is 0 Å². The highest BCUT2D eigenvalue weighted by molar-refractivity contribution is 6.04. The summed E-state index contributed by atoms with van der Waals surface area (Å²) in [7, 11) is 0. The van der Waals surface area contributed by atoms with Gasteiger partial charge in [-0.25, -0.2) is 0 Å². The molecule has 0 amide bonds. The highest BCUT2D eigenvalue weighted by Crippen LogP contribution is 2.43. The molecule has 0 saturated heterocycles. The van der Waals surface area contributed by atoms with Crippen molar-refractivity contribution in [2.24, 2.45) is 0 Å². The van der Waals surface area contributed by atoms with E-state index in [1.165, 1.54) is 0 Å². The lowest BCUT2D eigenvalue weighted by Crippen LogP contribution is -2.33. The molecule has 0 atom stereocenters. The molecule has 1 aromatic rings. The Labute approximate surface area is 93.6 Å². The summed E-state index contributed by atoms with van der Waals surface area (Å²) in [5, 5.41) is 0. The number of benzene rings is 1. The second-order valence-corrected chi connectivity index (χ2v) is 3.22. The van der Waals surface area contributed by atoms with Gasteiger partial charge in [-0.05, 0) is 12.1 Å². The van der Waals surface area contributed by atoms with Gasteiger partial charge in [0.15, 0.2) is 5.78 Å². The van der Waals surface area contributed by atoms with Crippen LogP contribution in [0.1, 0.15) is 15.9 Å². The van der Waals surface area contributed by atoms with Crippen molar-refractivity contribution < 1.29 is 26.7 Å². The van der Waals surface area contributed by atoms with Crippen LogP contribution in [-0.2, 0) is 5.92 Å². The van der Waals surface area contributed by atoms with Crippen LogP contribution in [0, 0.1) is 0 Å². The van der Waals surface area contributed by atoms with Crippen LogP contribution in [0.3, 0.4) is 0 Å². The number of halogens is 5. The Kier molecular flexibility index (Phi) is 3.35. The van der Waals surface area contributed by atoms with Gasteiger partial charge < -0.3 is 0 Å². The second-order valence-electron chi connectivity index (χ2n) is 3.22. The van der Waals surface area contributed by atoms with Crippen molar-refractivity contribution in [3.8, 4) is 0 Å². The van der Waals surface area contributed by atoms with E-state index in [1.54, 1.807) is 0 Å². The topological polar surface area (TPSA) is 17.1 Å². The van der Waals surface area contributed by atoms with Crippen LogP contribution in [0.5, 0.6) is 0 Å². The largest absolute Gasteiger partial charge is 0.458 e. The number of carbonyl (C=O) groups is 1. The Morgan fingerprint density at radius 3 is 2.24 bits per heavy atom. The maximum atomic E-state index is 12.9. The molecule has 0 radical (unpaired) electrons. The Bertz CT molecular complexity index is 447. The quantitative estimate of drug-likeness (QED) is 0.454. The van der Waals surface area contributed by atoms with Gasteiger partial charge in [0.2, 0.25) is 0 Å². The Hall–Kier alpha value is -1.72. The first kappa shape index (κ1) is 13.3. The minimum atomic E-state index is -5.69.